The van der Waals surface area contributed by atoms with Gasteiger partial charge >= 0.3 is 12.1 Å². The van der Waals surface area contributed by atoms with Gasteiger partial charge in [-0.2, -0.15) is 0 Å². The Labute approximate surface area is 129 Å². The van der Waals surface area contributed by atoms with Crippen molar-refractivity contribution in [3.8, 4) is 0 Å². The number of carboxylic acid groups (broad SMARTS) is 1. The molecule has 1 aromatic rings. The van der Waals surface area contributed by atoms with E-state index >= 15 is 0 Å². The molecule has 4 N–H and O–H groups in total. The number of rotatable bonds is 5. The van der Waals surface area contributed by atoms with Gasteiger partial charge in [-0.3, -0.25) is 0 Å². The highest BCUT2D eigenvalue weighted by atomic mass is 16.5. The van der Waals surface area contributed by atoms with Crippen molar-refractivity contribution in [1.29, 1.82) is 0 Å². The van der Waals surface area contributed by atoms with Gasteiger partial charge in [-0.25, -0.2) is 9.59 Å². The van der Waals surface area contributed by atoms with Gasteiger partial charge in [0, 0.05) is 0 Å². The summed E-state index contributed by atoms with van der Waals surface area (Å²) >= 11 is 0. The van der Waals surface area contributed by atoms with Crippen LogP contribution in [0, 0.1) is 5.92 Å². The number of benzene rings is 1. The molecule has 6 heteroatoms. The smallest absolute Gasteiger partial charge is 0.408 e. The molecule has 0 aromatic heterocycles. The number of hydrogen-bond acceptors (Lipinski definition) is 4. The molecule has 1 aliphatic carbocycles. The van der Waals surface area contributed by atoms with Gasteiger partial charge in [0.15, 0.2) is 0 Å². The molecule has 22 heavy (non-hydrogen) atoms. The number of alkyl carbamates (subject to hydrolysis) is 1. The van der Waals surface area contributed by atoms with Crippen LogP contribution in [0.2, 0.25) is 0 Å². The second-order valence-corrected chi connectivity index (χ2v) is 5.77. The quantitative estimate of drug-likeness (QED) is 0.771. The monoisotopic (exact) mass is 306 g/mol. The van der Waals surface area contributed by atoms with Crippen molar-refractivity contribution in [3.05, 3.63) is 35.9 Å². The SMILES string of the molecule is NCC1CCCC(NC(=O)OCc2ccccc2)(C(=O)O)C1. The lowest BCUT2D eigenvalue weighted by Crippen LogP contribution is -2.57. The van der Waals surface area contributed by atoms with E-state index in [2.05, 4.69) is 5.32 Å². The van der Waals surface area contributed by atoms with Gasteiger partial charge in [0.1, 0.15) is 12.1 Å². The zero-order chi connectivity index (χ0) is 16.0. The van der Waals surface area contributed by atoms with Crippen LogP contribution in [0.5, 0.6) is 0 Å². The summed E-state index contributed by atoms with van der Waals surface area (Å²) in [6, 6.07) is 9.25. The maximum Gasteiger partial charge on any atom is 0.408 e. The van der Waals surface area contributed by atoms with Gasteiger partial charge in [0.2, 0.25) is 0 Å². The number of nitrogens with two attached hydrogens (primary N) is 1. The zero-order valence-electron chi connectivity index (χ0n) is 12.5. The number of carbonyl (C=O) groups excluding carboxylic acids is 1. The van der Waals surface area contributed by atoms with Gasteiger partial charge in [-0.15, -0.1) is 0 Å². The molecule has 0 spiro atoms. The van der Waals surface area contributed by atoms with Crippen LogP contribution in [-0.4, -0.2) is 29.3 Å². The minimum Gasteiger partial charge on any atom is -0.480 e. The number of hydrogen-bond donors (Lipinski definition) is 3. The summed E-state index contributed by atoms with van der Waals surface area (Å²) in [5.74, 6) is -0.915. The average Bonchev–Trinajstić information content (AvgIpc) is 2.54. The summed E-state index contributed by atoms with van der Waals surface area (Å²) in [5, 5.41) is 12.1. The molecule has 0 bridgehead atoms. The summed E-state index contributed by atoms with van der Waals surface area (Å²) < 4.78 is 5.13. The van der Waals surface area contributed by atoms with Crippen LogP contribution in [-0.2, 0) is 16.1 Å². The predicted molar refractivity (Wildman–Crippen MR) is 81.1 cm³/mol. The molecule has 2 rings (SSSR count). The Kier molecular flexibility index (Phi) is 5.38. The van der Waals surface area contributed by atoms with E-state index in [-0.39, 0.29) is 12.5 Å². The average molecular weight is 306 g/mol. The van der Waals surface area contributed by atoms with Crippen LogP contribution >= 0.6 is 0 Å². The molecule has 1 aliphatic rings. The van der Waals surface area contributed by atoms with Crippen molar-refractivity contribution < 1.29 is 19.4 Å². The van der Waals surface area contributed by atoms with E-state index in [1.54, 1.807) is 0 Å². The highest BCUT2D eigenvalue weighted by Crippen LogP contribution is 2.32. The largest absolute Gasteiger partial charge is 0.480 e. The van der Waals surface area contributed by atoms with Crippen molar-refractivity contribution in [3.63, 3.8) is 0 Å². The molecular weight excluding hydrogens is 284 g/mol. The van der Waals surface area contributed by atoms with Crippen molar-refractivity contribution in [1.82, 2.24) is 5.32 Å². The summed E-state index contributed by atoms with van der Waals surface area (Å²) in [6.45, 7) is 0.540. The first-order valence-corrected chi connectivity index (χ1v) is 7.48. The Hall–Kier alpha value is -2.08. The van der Waals surface area contributed by atoms with Gasteiger partial charge < -0.3 is 20.9 Å². The third-order valence-electron chi connectivity index (χ3n) is 4.15. The predicted octanol–water partition coefficient (Wildman–Crippen LogP) is 1.89. The Bertz CT molecular complexity index is 520. The van der Waals surface area contributed by atoms with E-state index in [4.69, 9.17) is 10.5 Å². The zero-order valence-corrected chi connectivity index (χ0v) is 12.5. The van der Waals surface area contributed by atoms with Gasteiger partial charge in [-0.05, 0) is 37.3 Å². The fraction of sp³-hybridized carbons (Fsp3) is 0.500. The van der Waals surface area contributed by atoms with Crippen LogP contribution in [0.3, 0.4) is 0 Å². The fourth-order valence-electron chi connectivity index (χ4n) is 2.91. The minimum atomic E-state index is -1.27. The number of amides is 1. The first-order valence-electron chi connectivity index (χ1n) is 7.48. The standard InChI is InChI=1S/C16H22N2O4/c17-10-13-7-4-8-16(9-13,14(19)20)18-15(21)22-11-12-5-2-1-3-6-12/h1-3,5-6,13H,4,7-11,17H2,(H,18,21)(H,19,20). The van der Waals surface area contributed by atoms with Crippen LogP contribution in [0.15, 0.2) is 30.3 Å². The second-order valence-electron chi connectivity index (χ2n) is 5.77. The summed E-state index contributed by atoms with van der Waals surface area (Å²) in [7, 11) is 0. The normalized spacial score (nSPS) is 24.5. The summed E-state index contributed by atoms with van der Waals surface area (Å²) in [4.78, 5) is 23.6. The van der Waals surface area contributed by atoms with Crippen molar-refractivity contribution >= 4 is 12.1 Å². The Morgan fingerprint density at radius 2 is 2.09 bits per heavy atom. The second kappa shape index (κ2) is 7.26. The number of carbonyl (C=O) groups is 2. The van der Waals surface area contributed by atoms with E-state index in [1.165, 1.54) is 0 Å². The van der Waals surface area contributed by atoms with Crippen molar-refractivity contribution in [2.24, 2.45) is 11.7 Å². The van der Waals surface area contributed by atoms with Crippen LogP contribution in [0.1, 0.15) is 31.2 Å². The maximum atomic E-state index is 12.0. The number of aliphatic carboxylic acids is 1. The lowest BCUT2D eigenvalue weighted by Gasteiger charge is -2.37. The van der Waals surface area contributed by atoms with E-state index in [0.29, 0.717) is 19.4 Å². The minimum absolute atomic E-state index is 0.110. The molecule has 0 saturated heterocycles. The molecule has 6 nitrogen and oxygen atoms in total. The Balaban J connectivity index is 1.95. The number of carboxylic acids is 1. The topological polar surface area (TPSA) is 102 Å². The fourth-order valence-corrected chi connectivity index (χ4v) is 2.91. The van der Waals surface area contributed by atoms with Crippen LogP contribution < -0.4 is 11.1 Å². The lowest BCUT2D eigenvalue weighted by molar-refractivity contribution is -0.146. The summed E-state index contributed by atoms with van der Waals surface area (Å²) in [6.07, 6.45) is 1.67. The number of nitrogens with one attached hydrogen (secondary N) is 1. The van der Waals surface area contributed by atoms with Gasteiger partial charge in [-0.1, -0.05) is 36.8 Å². The van der Waals surface area contributed by atoms with Crippen LogP contribution in [0.25, 0.3) is 0 Å². The molecule has 1 saturated carbocycles. The lowest BCUT2D eigenvalue weighted by atomic mass is 9.75. The molecule has 0 aliphatic heterocycles. The van der Waals surface area contributed by atoms with Crippen molar-refractivity contribution in [2.45, 2.75) is 37.8 Å². The highest BCUT2D eigenvalue weighted by Gasteiger charge is 2.44. The molecule has 1 aromatic carbocycles. The van der Waals surface area contributed by atoms with E-state index in [9.17, 15) is 14.7 Å². The highest BCUT2D eigenvalue weighted by molar-refractivity contribution is 5.84. The summed E-state index contributed by atoms with van der Waals surface area (Å²) in [5.41, 5.74) is 5.24. The Morgan fingerprint density at radius 3 is 2.73 bits per heavy atom. The number of ether oxygens (including phenoxy) is 1. The third-order valence-corrected chi connectivity index (χ3v) is 4.15. The first kappa shape index (κ1) is 16.3. The molecule has 1 amide bonds. The molecule has 2 unspecified atom stereocenters. The molecule has 0 radical (unpaired) electrons. The molecule has 2 atom stereocenters. The molecular formula is C16H22N2O4. The molecule has 120 valence electrons. The van der Waals surface area contributed by atoms with Crippen molar-refractivity contribution in [2.75, 3.05) is 6.54 Å². The molecule has 0 heterocycles. The van der Waals surface area contributed by atoms with E-state index in [0.717, 1.165) is 18.4 Å². The molecule has 1 fully saturated rings. The van der Waals surface area contributed by atoms with E-state index < -0.39 is 17.6 Å². The maximum absolute atomic E-state index is 12.0. The van der Waals surface area contributed by atoms with E-state index in [1.807, 2.05) is 30.3 Å². The third kappa shape index (κ3) is 3.98. The van der Waals surface area contributed by atoms with Gasteiger partial charge in [0.05, 0.1) is 0 Å². The Morgan fingerprint density at radius 1 is 1.36 bits per heavy atom. The van der Waals surface area contributed by atoms with Gasteiger partial charge in [0.25, 0.3) is 0 Å². The first-order chi connectivity index (χ1) is 10.6. The van der Waals surface area contributed by atoms with Crippen LogP contribution in [0.4, 0.5) is 4.79 Å².